The predicted octanol–water partition coefficient (Wildman–Crippen LogP) is 3.32. The Labute approximate surface area is 247 Å². The maximum Gasteiger partial charge on any atom is 0.459 e. The summed E-state index contributed by atoms with van der Waals surface area (Å²) in [4.78, 5) is 25.0. The van der Waals surface area contributed by atoms with E-state index in [1.54, 1.807) is 37.3 Å². The van der Waals surface area contributed by atoms with Crippen LogP contribution in [0.25, 0.3) is 11.2 Å². The highest BCUT2D eigenvalue weighted by Gasteiger charge is 2.85. The monoisotopic (exact) mass is 622 g/mol. The summed E-state index contributed by atoms with van der Waals surface area (Å²) in [6, 6.07) is 7.10. The van der Waals surface area contributed by atoms with E-state index in [4.69, 9.17) is 29.0 Å². The zero-order chi connectivity index (χ0) is 31.2. The van der Waals surface area contributed by atoms with Crippen LogP contribution in [0.3, 0.4) is 0 Å². The van der Waals surface area contributed by atoms with Crippen LogP contribution >= 0.6 is 7.75 Å². The van der Waals surface area contributed by atoms with Crippen molar-refractivity contribution in [3.05, 3.63) is 36.7 Å². The number of benzene rings is 1. The average Bonchev–Trinajstić information content (AvgIpc) is 3.26. The smallest absolute Gasteiger partial charge is 0.459 e. The zero-order valence-electron chi connectivity index (χ0n) is 24.5. The number of aliphatic hydroxyl groups is 1. The van der Waals surface area contributed by atoms with Crippen molar-refractivity contribution in [1.29, 1.82) is 0 Å². The highest BCUT2D eigenvalue weighted by Crippen LogP contribution is 2.69. The van der Waals surface area contributed by atoms with Gasteiger partial charge in [0.2, 0.25) is 11.8 Å². The number of alkyl halides is 1. The molecule has 2 aliphatic rings. The van der Waals surface area contributed by atoms with E-state index in [-0.39, 0.29) is 54.3 Å². The normalized spacial score (nSPS) is 28.3. The highest BCUT2D eigenvalue weighted by molar-refractivity contribution is 7.52. The molecule has 0 radical (unpaired) electrons. The number of carbonyl (C=O) groups excluding carboxylic acids is 1. The number of imidazole rings is 1. The third kappa shape index (κ3) is 5.67. The van der Waals surface area contributed by atoms with Gasteiger partial charge in [-0.1, -0.05) is 32.0 Å². The van der Waals surface area contributed by atoms with Crippen molar-refractivity contribution in [1.82, 2.24) is 24.6 Å². The van der Waals surface area contributed by atoms with E-state index in [0.29, 0.717) is 0 Å². The number of nitrogens with two attached hydrogens (primary N) is 1. The van der Waals surface area contributed by atoms with Gasteiger partial charge in [0, 0.05) is 6.42 Å². The SMILES string of the molecule is CCOc1nc(N)nc2c1ncn2C1OC2(COP(=O)(NC(C)C(=O)OCC(C)C)Oc3ccccc3)CC2(O)C1(C)F. The number of aromatic nitrogens is 4. The van der Waals surface area contributed by atoms with Crippen molar-refractivity contribution in [2.75, 3.05) is 25.6 Å². The van der Waals surface area contributed by atoms with Crippen LogP contribution in [-0.2, 0) is 23.4 Å². The fourth-order valence-electron chi connectivity index (χ4n) is 5.06. The highest BCUT2D eigenvalue weighted by atomic mass is 31.2. The van der Waals surface area contributed by atoms with Gasteiger partial charge in [-0.15, -0.1) is 0 Å². The number of esters is 1. The van der Waals surface area contributed by atoms with E-state index < -0.39 is 49.5 Å². The molecule has 16 heteroatoms. The van der Waals surface area contributed by atoms with Crippen molar-refractivity contribution < 1.29 is 42.1 Å². The fraction of sp³-hybridized carbons (Fsp3) is 0.556. The number of anilines is 1. The van der Waals surface area contributed by atoms with Gasteiger partial charge in [0.15, 0.2) is 23.1 Å². The molecule has 4 N–H and O–H groups in total. The largest absolute Gasteiger partial charge is 0.476 e. The standard InChI is InChI=1S/C27H36FN6O8P/c1-6-38-21-19-20(31-24(29)32-21)34(15-30-19)23-25(5,28)27(36)13-26(27,41-23)14-40-43(37,42-18-10-8-7-9-11-18)33-17(4)22(35)39-12-16(2)3/h7-11,15-17,23,36H,6,12-14H2,1-5H3,(H,33,37)(H2,29,31,32). The first-order valence-electron chi connectivity index (χ1n) is 13.9. The molecule has 0 spiro atoms. The predicted molar refractivity (Wildman–Crippen MR) is 152 cm³/mol. The first kappa shape index (κ1) is 31.1. The van der Waals surface area contributed by atoms with Crippen LogP contribution in [-0.4, -0.2) is 73.3 Å². The van der Waals surface area contributed by atoms with Gasteiger partial charge >= 0.3 is 13.7 Å². The number of carbonyl (C=O) groups is 1. The summed E-state index contributed by atoms with van der Waals surface area (Å²) in [6.07, 6.45) is -0.285. The lowest BCUT2D eigenvalue weighted by Crippen LogP contribution is -2.43. The molecule has 2 fully saturated rings. The maximum absolute atomic E-state index is 16.5. The second-order valence-electron chi connectivity index (χ2n) is 11.3. The second kappa shape index (κ2) is 11.3. The van der Waals surface area contributed by atoms with Crippen LogP contribution in [0, 0.1) is 5.92 Å². The number of fused-ring (bicyclic) bond motifs is 2. The third-order valence-corrected chi connectivity index (χ3v) is 9.04. The average molecular weight is 623 g/mol. The lowest BCUT2D eigenvalue weighted by Gasteiger charge is -2.28. The number of nitrogens with one attached hydrogen (secondary N) is 1. The molecule has 234 valence electrons. The number of hydrogen-bond acceptors (Lipinski definition) is 12. The van der Waals surface area contributed by atoms with Crippen molar-refractivity contribution >= 4 is 30.8 Å². The van der Waals surface area contributed by atoms with Crippen molar-refractivity contribution in [2.24, 2.45) is 5.92 Å². The Morgan fingerprint density at radius 1 is 1.30 bits per heavy atom. The van der Waals surface area contributed by atoms with Crippen LogP contribution in [0.4, 0.5) is 10.3 Å². The van der Waals surface area contributed by atoms with E-state index in [1.807, 2.05) is 13.8 Å². The number of nitrogens with zero attached hydrogens (tertiary/aromatic N) is 4. The summed E-state index contributed by atoms with van der Waals surface area (Å²) >= 11 is 0. The van der Waals surface area contributed by atoms with Crippen LogP contribution < -0.4 is 20.1 Å². The Morgan fingerprint density at radius 3 is 2.70 bits per heavy atom. The van der Waals surface area contributed by atoms with Gasteiger partial charge in [-0.2, -0.15) is 15.1 Å². The van der Waals surface area contributed by atoms with Gasteiger partial charge in [-0.25, -0.2) is 13.9 Å². The first-order chi connectivity index (χ1) is 20.2. The topological polar surface area (TPSA) is 182 Å². The molecule has 0 amide bonds. The Morgan fingerprint density at radius 2 is 2.02 bits per heavy atom. The molecular weight excluding hydrogens is 586 g/mol. The lowest BCUT2D eigenvalue weighted by molar-refractivity contribution is -0.146. The number of hydrogen-bond donors (Lipinski definition) is 3. The van der Waals surface area contributed by atoms with Crippen LogP contribution in [0.15, 0.2) is 36.7 Å². The quantitative estimate of drug-likeness (QED) is 0.187. The number of rotatable bonds is 13. The molecule has 3 aromatic rings. The molecule has 5 rings (SSSR count). The minimum absolute atomic E-state index is 0.0927. The Kier molecular flexibility index (Phi) is 8.16. The van der Waals surface area contributed by atoms with Crippen LogP contribution in [0.1, 0.15) is 47.3 Å². The summed E-state index contributed by atoms with van der Waals surface area (Å²) in [5.41, 5.74) is 0.217. The van der Waals surface area contributed by atoms with Crippen molar-refractivity contribution in [3.8, 4) is 11.6 Å². The van der Waals surface area contributed by atoms with E-state index >= 15 is 4.39 Å². The number of para-hydroxylation sites is 1. The molecule has 14 nitrogen and oxygen atoms in total. The van der Waals surface area contributed by atoms with E-state index in [9.17, 15) is 14.5 Å². The van der Waals surface area contributed by atoms with Crippen LogP contribution in [0.5, 0.6) is 11.6 Å². The van der Waals surface area contributed by atoms with Gasteiger partial charge in [0.05, 0.1) is 26.1 Å². The maximum atomic E-state index is 16.5. The molecule has 43 heavy (non-hydrogen) atoms. The van der Waals surface area contributed by atoms with Gasteiger partial charge in [0.1, 0.15) is 23.0 Å². The van der Waals surface area contributed by atoms with E-state index in [1.165, 1.54) is 24.7 Å². The van der Waals surface area contributed by atoms with Gasteiger partial charge in [-0.3, -0.25) is 13.9 Å². The Balaban J connectivity index is 1.39. The lowest BCUT2D eigenvalue weighted by atomic mass is 9.96. The number of nitrogen functional groups attached to an aromatic ring is 1. The Hall–Kier alpha value is -3.36. The summed E-state index contributed by atoms with van der Waals surface area (Å²) in [7, 11) is -4.32. The first-order valence-corrected chi connectivity index (χ1v) is 15.4. The molecule has 1 saturated carbocycles. The molecule has 1 aliphatic carbocycles. The Bertz CT molecular complexity index is 1540. The third-order valence-electron chi connectivity index (χ3n) is 7.42. The number of halogens is 1. The van der Waals surface area contributed by atoms with E-state index in [0.717, 1.165) is 0 Å². The number of ether oxygens (including phenoxy) is 3. The summed E-state index contributed by atoms with van der Waals surface area (Å²) in [5, 5.41) is 14.0. The molecule has 1 saturated heterocycles. The summed E-state index contributed by atoms with van der Waals surface area (Å²) < 4.78 is 60.1. The second-order valence-corrected chi connectivity index (χ2v) is 13.0. The van der Waals surface area contributed by atoms with Gasteiger partial charge in [-0.05, 0) is 38.8 Å². The minimum atomic E-state index is -4.32. The molecule has 1 aromatic carbocycles. The van der Waals surface area contributed by atoms with Gasteiger partial charge in [0.25, 0.3) is 0 Å². The van der Waals surface area contributed by atoms with Crippen molar-refractivity contribution in [3.63, 3.8) is 0 Å². The molecule has 0 bridgehead atoms. The molecule has 6 atom stereocenters. The zero-order valence-corrected chi connectivity index (χ0v) is 25.4. The molecule has 1 aliphatic heterocycles. The van der Waals surface area contributed by atoms with Crippen molar-refractivity contribution in [2.45, 2.75) is 70.2 Å². The fourth-order valence-corrected chi connectivity index (χ4v) is 6.59. The summed E-state index contributed by atoms with van der Waals surface area (Å²) in [5.74, 6) is -0.379. The van der Waals surface area contributed by atoms with Crippen LogP contribution in [0.2, 0.25) is 0 Å². The molecule has 2 aromatic heterocycles. The van der Waals surface area contributed by atoms with Gasteiger partial charge < -0.3 is 29.6 Å². The molecule has 3 heterocycles. The summed E-state index contributed by atoms with van der Waals surface area (Å²) in [6.45, 7) is 8.08. The molecular formula is C27H36FN6O8P. The molecule has 6 unspecified atom stereocenters. The van der Waals surface area contributed by atoms with E-state index in [2.05, 4.69) is 20.0 Å². The minimum Gasteiger partial charge on any atom is -0.476 e.